The molecule has 1 saturated heterocycles. The smallest absolute Gasteiger partial charge is 0.263 e. The molecule has 2 aromatic rings. The lowest BCUT2D eigenvalue weighted by molar-refractivity contribution is -0.143. The SMILES string of the molecule is CC[C@@H](Oc1ccc2c(c1)[C@@H](c1cccc(C)c1)N(C(=O)C1CC1)CC2)C(=O)N1CCOCC1. The number of carbonyl (C=O) groups is 2. The fraction of sp³-hybridized carbons (Fsp3) is 0.500. The van der Waals surface area contributed by atoms with E-state index in [0.717, 1.165) is 36.9 Å². The zero-order valence-corrected chi connectivity index (χ0v) is 20.2. The number of morpholine rings is 1. The highest BCUT2D eigenvalue weighted by molar-refractivity contribution is 5.83. The summed E-state index contributed by atoms with van der Waals surface area (Å²) in [5.41, 5.74) is 4.66. The van der Waals surface area contributed by atoms with Crippen molar-refractivity contribution in [2.75, 3.05) is 32.8 Å². The summed E-state index contributed by atoms with van der Waals surface area (Å²) >= 11 is 0. The summed E-state index contributed by atoms with van der Waals surface area (Å²) in [6.45, 7) is 7.16. The Balaban J connectivity index is 1.45. The van der Waals surface area contributed by atoms with Crippen LogP contribution in [0.15, 0.2) is 42.5 Å². The summed E-state index contributed by atoms with van der Waals surface area (Å²) in [6, 6.07) is 14.5. The number of nitrogens with zero attached hydrogens (tertiary/aromatic N) is 2. The second-order valence-corrected chi connectivity index (χ2v) is 9.69. The van der Waals surface area contributed by atoms with Gasteiger partial charge in [0.15, 0.2) is 6.10 Å². The number of fused-ring (bicyclic) bond motifs is 1. The summed E-state index contributed by atoms with van der Waals surface area (Å²) < 4.78 is 11.7. The van der Waals surface area contributed by atoms with Gasteiger partial charge >= 0.3 is 0 Å². The molecule has 0 unspecified atom stereocenters. The molecule has 34 heavy (non-hydrogen) atoms. The number of hydrogen-bond acceptors (Lipinski definition) is 4. The first kappa shape index (κ1) is 22.9. The lowest BCUT2D eigenvalue weighted by atomic mass is 9.87. The largest absolute Gasteiger partial charge is 0.481 e. The van der Waals surface area contributed by atoms with Gasteiger partial charge in [-0.3, -0.25) is 9.59 Å². The van der Waals surface area contributed by atoms with E-state index in [9.17, 15) is 9.59 Å². The summed E-state index contributed by atoms with van der Waals surface area (Å²) in [5.74, 6) is 1.14. The summed E-state index contributed by atoms with van der Waals surface area (Å²) in [5, 5.41) is 0. The standard InChI is InChI=1S/C28H34N2O4/c1-3-25(28(32)29-13-15-33-16-14-29)34-23-10-9-20-11-12-30(27(31)21-7-8-21)26(24(20)18-23)22-6-4-5-19(2)17-22/h4-6,9-10,17-18,21,25-26H,3,7-8,11-16H2,1-2H3/t25-,26-/m1/s1. The van der Waals surface area contributed by atoms with Gasteiger partial charge in [-0.2, -0.15) is 0 Å². The van der Waals surface area contributed by atoms with Crippen LogP contribution in [0.4, 0.5) is 0 Å². The molecule has 1 aliphatic carbocycles. The van der Waals surface area contributed by atoms with Crippen molar-refractivity contribution in [2.45, 2.75) is 51.7 Å². The minimum atomic E-state index is -0.527. The first-order chi connectivity index (χ1) is 16.5. The molecule has 3 aliphatic rings. The van der Waals surface area contributed by atoms with Gasteiger partial charge in [-0.05, 0) is 61.4 Å². The van der Waals surface area contributed by atoms with E-state index < -0.39 is 6.10 Å². The van der Waals surface area contributed by atoms with Crippen molar-refractivity contribution in [3.8, 4) is 5.75 Å². The van der Waals surface area contributed by atoms with Gasteiger partial charge in [0.1, 0.15) is 5.75 Å². The minimum Gasteiger partial charge on any atom is -0.481 e. The summed E-state index contributed by atoms with van der Waals surface area (Å²) in [4.78, 5) is 30.2. The Bertz CT molecular complexity index is 1060. The Morgan fingerprint density at radius 2 is 1.88 bits per heavy atom. The van der Waals surface area contributed by atoms with Crippen LogP contribution in [0.5, 0.6) is 5.75 Å². The predicted octanol–water partition coefficient (Wildman–Crippen LogP) is 3.90. The van der Waals surface area contributed by atoms with E-state index in [2.05, 4.69) is 48.2 Å². The van der Waals surface area contributed by atoms with Gasteiger partial charge in [0.05, 0.1) is 19.3 Å². The van der Waals surface area contributed by atoms with Crippen LogP contribution in [0.2, 0.25) is 0 Å². The van der Waals surface area contributed by atoms with E-state index in [1.165, 1.54) is 11.1 Å². The van der Waals surface area contributed by atoms with E-state index in [1.807, 2.05) is 17.9 Å². The van der Waals surface area contributed by atoms with Crippen molar-refractivity contribution in [1.29, 1.82) is 0 Å². The molecule has 0 aromatic heterocycles. The van der Waals surface area contributed by atoms with Gasteiger partial charge in [-0.25, -0.2) is 0 Å². The van der Waals surface area contributed by atoms with E-state index >= 15 is 0 Å². The Kier molecular flexibility index (Phi) is 6.59. The molecule has 2 atom stereocenters. The van der Waals surface area contributed by atoms with Crippen molar-refractivity contribution in [3.05, 3.63) is 64.7 Å². The zero-order chi connectivity index (χ0) is 23.7. The minimum absolute atomic E-state index is 0.0179. The molecule has 6 nitrogen and oxygen atoms in total. The van der Waals surface area contributed by atoms with Gasteiger partial charge in [0.2, 0.25) is 5.91 Å². The van der Waals surface area contributed by atoms with E-state index in [1.54, 1.807) is 0 Å². The number of amides is 2. The fourth-order valence-electron chi connectivity index (χ4n) is 5.13. The molecule has 2 fully saturated rings. The topological polar surface area (TPSA) is 59.1 Å². The first-order valence-electron chi connectivity index (χ1n) is 12.6. The van der Waals surface area contributed by atoms with E-state index in [4.69, 9.17) is 9.47 Å². The van der Waals surface area contributed by atoms with E-state index in [-0.39, 0.29) is 23.8 Å². The number of hydrogen-bond donors (Lipinski definition) is 0. The Hall–Kier alpha value is -2.86. The van der Waals surface area contributed by atoms with Crippen LogP contribution in [-0.2, 0) is 20.7 Å². The quantitative estimate of drug-likeness (QED) is 0.654. The number of benzene rings is 2. The maximum Gasteiger partial charge on any atom is 0.263 e. The average molecular weight is 463 g/mol. The second kappa shape index (κ2) is 9.79. The van der Waals surface area contributed by atoms with Gasteiger partial charge < -0.3 is 19.3 Å². The van der Waals surface area contributed by atoms with Crippen LogP contribution in [-0.4, -0.2) is 60.6 Å². The highest BCUT2D eigenvalue weighted by atomic mass is 16.5. The fourth-order valence-corrected chi connectivity index (χ4v) is 5.13. The van der Waals surface area contributed by atoms with Crippen LogP contribution < -0.4 is 4.74 Å². The van der Waals surface area contributed by atoms with Gasteiger partial charge in [0, 0.05) is 25.6 Å². The number of rotatable bonds is 6. The van der Waals surface area contributed by atoms with Crippen molar-refractivity contribution in [1.82, 2.24) is 9.80 Å². The van der Waals surface area contributed by atoms with Crippen molar-refractivity contribution < 1.29 is 19.1 Å². The lowest BCUT2D eigenvalue weighted by Gasteiger charge is -2.38. The second-order valence-electron chi connectivity index (χ2n) is 9.69. The molecule has 2 aliphatic heterocycles. The summed E-state index contributed by atoms with van der Waals surface area (Å²) in [7, 11) is 0. The third kappa shape index (κ3) is 4.69. The van der Waals surface area contributed by atoms with Crippen molar-refractivity contribution in [3.63, 3.8) is 0 Å². The number of aryl methyl sites for hydroxylation is 1. The van der Waals surface area contributed by atoms with Gasteiger partial charge in [-0.1, -0.05) is 42.8 Å². The van der Waals surface area contributed by atoms with Crippen LogP contribution >= 0.6 is 0 Å². The molecular formula is C28H34N2O4. The Morgan fingerprint density at radius 3 is 2.59 bits per heavy atom. The van der Waals surface area contributed by atoms with E-state index in [0.29, 0.717) is 38.5 Å². The predicted molar refractivity (Wildman–Crippen MR) is 130 cm³/mol. The molecule has 5 rings (SSSR count). The van der Waals surface area contributed by atoms with Crippen LogP contribution in [0.1, 0.15) is 54.5 Å². The van der Waals surface area contributed by atoms with Crippen molar-refractivity contribution in [2.24, 2.45) is 5.92 Å². The molecule has 0 N–H and O–H groups in total. The summed E-state index contributed by atoms with van der Waals surface area (Å²) in [6.07, 6.45) is 2.89. The molecule has 0 bridgehead atoms. The molecular weight excluding hydrogens is 428 g/mol. The van der Waals surface area contributed by atoms with Crippen LogP contribution in [0.3, 0.4) is 0 Å². The molecule has 2 heterocycles. The monoisotopic (exact) mass is 462 g/mol. The third-order valence-electron chi connectivity index (χ3n) is 7.16. The van der Waals surface area contributed by atoms with Gasteiger partial charge in [-0.15, -0.1) is 0 Å². The lowest BCUT2D eigenvalue weighted by Crippen LogP contribution is -2.47. The molecule has 6 heteroatoms. The van der Waals surface area contributed by atoms with Crippen LogP contribution in [0, 0.1) is 12.8 Å². The van der Waals surface area contributed by atoms with Crippen LogP contribution in [0.25, 0.3) is 0 Å². The normalized spacial score (nSPS) is 21.1. The highest BCUT2D eigenvalue weighted by Gasteiger charge is 2.39. The number of ether oxygens (including phenoxy) is 2. The molecule has 2 amide bonds. The molecule has 2 aromatic carbocycles. The van der Waals surface area contributed by atoms with Crippen molar-refractivity contribution >= 4 is 11.8 Å². The third-order valence-corrected chi connectivity index (χ3v) is 7.16. The molecule has 0 radical (unpaired) electrons. The molecule has 180 valence electrons. The first-order valence-corrected chi connectivity index (χ1v) is 12.6. The highest BCUT2D eigenvalue weighted by Crippen LogP contribution is 2.41. The maximum atomic E-state index is 13.2. The average Bonchev–Trinajstić information content (AvgIpc) is 3.72. The molecule has 0 spiro atoms. The maximum absolute atomic E-state index is 13.2. The molecule has 1 saturated carbocycles. The van der Waals surface area contributed by atoms with Gasteiger partial charge in [0.25, 0.3) is 5.91 Å². The number of carbonyl (C=O) groups excluding carboxylic acids is 2. The Morgan fingerprint density at radius 1 is 1.09 bits per heavy atom. The zero-order valence-electron chi connectivity index (χ0n) is 20.2. The Labute approximate surface area is 201 Å².